The first-order valence-corrected chi connectivity index (χ1v) is 7.19. The largest absolute Gasteiger partial charge is 0.469 e. The summed E-state index contributed by atoms with van der Waals surface area (Å²) in [4.78, 5) is 39.5. The number of nitrogens with zero attached hydrogens (tertiary/aromatic N) is 4. The Morgan fingerprint density at radius 1 is 1.19 bits per heavy atom. The van der Waals surface area contributed by atoms with Gasteiger partial charge in [0.25, 0.3) is 5.56 Å². The summed E-state index contributed by atoms with van der Waals surface area (Å²) >= 11 is 1.33. The molecule has 0 saturated carbocycles. The molecule has 2 rings (SSSR count). The zero-order valence-electron chi connectivity index (χ0n) is 12.2. The fraction of sp³-hybridized carbons (Fsp3) is 0.500. The maximum absolute atomic E-state index is 12.2. The number of aryl methyl sites for hydroxylation is 2. The lowest BCUT2D eigenvalue weighted by molar-refractivity contribution is -0.140. The van der Waals surface area contributed by atoms with E-state index >= 15 is 0 Å². The average molecular weight is 312 g/mol. The Balaban J connectivity index is 2.45. The lowest BCUT2D eigenvalue weighted by atomic mass is 10.5. The highest BCUT2D eigenvalue weighted by Gasteiger charge is 2.17. The number of ether oxygens (including phenoxy) is 1. The van der Waals surface area contributed by atoms with Gasteiger partial charge in [-0.25, -0.2) is 9.78 Å². The zero-order valence-corrected chi connectivity index (χ0v) is 13.1. The molecule has 9 heteroatoms. The lowest BCUT2D eigenvalue weighted by Gasteiger charge is -2.03. The molecule has 21 heavy (non-hydrogen) atoms. The zero-order chi connectivity index (χ0) is 15.7. The van der Waals surface area contributed by atoms with Gasteiger partial charge in [0.15, 0.2) is 16.3 Å². The van der Waals surface area contributed by atoms with Crippen molar-refractivity contribution in [3.05, 3.63) is 20.8 Å². The molecule has 0 fully saturated rings. The van der Waals surface area contributed by atoms with E-state index in [0.29, 0.717) is 22.1 Å². The van der Waals surface area contributed by atoms with Crippen molar-refractivity contribution in [1.82, 2.24) is 18.7 Å². The van der Waals surface area contributed by atoms with Crippen LogP contribution in [0.3, 0.4) is 0 Å². The summed E-state index contributed by atoms with van der Waals surface area (Å²) in [6.45, 7) is 0. The van der Waals surface area contributed by atoms with Gasteiger partial charge in [0.1, 0.15) is 0 Å². The van der Waals surface area contributed by atoms with Gasteiger partial charge < -0.3 is 9.30 Å². The first-order chi connectivity index (χ1) is 9.88. The van der Waals surface area contributed by atoms with E-state index in [1.807, 2.05) is 0 Å². The molecule has 0 atom stereocenters. The van der Waals surface area contributed by atoms with Crippen LogP contribution in [0.4, 0.5) is 0 Å². The summed E-state index contributed by atoms with van der Waals surface area (Å²) in [6.07, 6.45) is 0.251. The van der Waals surface area contributed by atoms with E-state index < -0.39 is 5.69 Å². The fourth-order valence-electron chi connectivity index (χ4n) is 1.96. The number of methoxy groups -OCH3 is 1. The molecule has 0 unspecified atom stereocenters. The fourth-order valence-corrected chi connectivity index (χ4v) is 2.84. The minimum Gasteiger partial charge on any atom is -0.469 e. The van der Waals surface area contributed by atoms with Crippen LogP contribution in [0, 0.1) is 0 Å². The van der Waals surface area contributed by atoms with Crippen molar-refractivity contribution in [1.29, 1.82) is 0 Å². The Morgan fingerprint density at radius 3 is 2.48 bits per heavy atom. The molecule has 0 aliphatic rings. The number of hydrogen-bond donors (Lipinski definition) is 0. The van der Waals surface area contributed by atoms with Crippen LogP contribution in [0.2, 0.25) is 0 Å². The van der Waals surface area contributed by atoms with Gasteiger partial charge in [-0.05, 0) is 0 Å². The smallest absolute Gasteiger partial charge is 0.332 e. The summed E-state index contributed by atoms with van der Waals surface area (Å²) in [5, 5.41) is 0.576. The van der Waals surface area contributed by atoms with E-state index in [1.165, 1.54) is 30.5 Å². The number of carbonyl (C=O) groups is 1. The molecule has 0 aromatic carbocycles. The molecular weight excluding hydrogens is 296 g/mol. The number of carbonyl (C=O) groups excluding carboxylic acids is 1. The number of esters is 1. The van der Waals surface area contributed by atoms with Gasteiger partial charge in [0, 0.05) is 26.9 Å². The standard InChI is InChI=1S/C12H16N4O4S/c1-14-8-9(15(2)12(19)16(3)10(8)18)13-11(14)21-6-5-7(17)20-4/h5-6H2,1-4H3. The molecule has 0 N–H and O–H groups in total. The van der Waals surface area contributed by atoms with Crippen molar-refractivity contribution >= 4 is 28.9 Å². The third-order valence-corrected chi connectivity index (χ3v) is 4.23. The Morgan fingerprint density at radius 2 is 1.86 bits per heavy atom. The predicted molar refractivity (Wildman–Crippen MR) is 78.6 cm³/mol. The minimum atomic E-state index is -0.420. The highest BCUT2D eigenvalue weighted by atomic mass is 32.2. The van der Waals surface area contributed by atoms with Crippen LogP contribution in [0.5, 0.6) is 0 Å². The third-order valence-electron chi connectivity index (χ3n) is 3.20. The summed E-state index contributed by atoms with van der Waals surface area (Å²) in [5.41, 5.74) is -0.106. The van der Waals surface area contributed by atoms with Crippen LogP contribution < -0.4 is 11.2 Å². The van der Waals surface area contributed by atoms with Crippen molar-refractivity contribution in [2.24, 2.45) is 21.1 Å². The van der Waals surface area contributed by atoms with Gasteiger partial charge in [0.05, 0.1) is 13.5 Å². The summed E-state index contributed by atoms with van der Waals surface area (Å²) < 4.78 is 8.59. The SMILES string of the molecule is COC(=O)CCSc1nc2c(c(=O)n(C)c(=O)n2C)n1C. The van der Waals surface area contributed by atoms with E-state index in [2.05, 4.69) is 9.72 Å². The second kappa shape index (κ2) is 5.76. The summed E-state index contributed by atoms with van der Waals surface area (Å²) in [7, 11) is 6.05. The van der Waals surface area contributed by atoms with E-state index in [-0.39, 0.29) is 17.9 Å². The molecule has 2 aromatic rings. The van der Waals surface area contributed by atoms with Crippen molar-refractivity contribution in [3.63, 3.8) is 0 Å². The van der Waals surface area contributed by atoms with Gasteiger partial charge in [-0.3, -0.25) is 18.7 Å². The number of thioether (sulfide) groups is 1. The van der Waals surface area contributed by atoms with Crippen molar-refractivity contribution in [2.45, 2.75) is 11.6 Å². The molecule has 0 amide bonds. The second-order valence-electron chi connectivity index (χ2n) is 4.51. The van der Waals surface area contributed by atoms with Gasteiger partial charge in [0.2, 0.25) is 0 Å². The van der Waals surface area contributed by atoms with Crippen LogP contribution >= 0.6 is 11.8 Å². The first kappa shape index (κ1) is 15.4. The average Bonchev–Trinajstić information content (AvgIpc) is 2.80. The molecule has 2 aromatic heterocycles. The maximum Gasteiger partial charge on any atom is 0.332 e. The number of rotatable bonds is 4. The molecule has 0 spiro atoms. The van der Waals surface area contributed by atoms with E-state index in [0.717, 1.165) is 4.57 Å². The number of imidazole rings is 1. The van der Waals surface area contributed by atoms with E-state index in [1.54, 1.807) is 18.7 Å². The highest BCUT2D eigenvalue weighted by Crippen LogP contribution is 2.20. The van der Waals surface area contributed by atoms with Crippen molar-refractivity contribution in [3.8, 4) is 0 Å². The predicted octanol–water partition coefficient (Wildman–Crippen LogP) is -0.374. The molecule has 0 aliphatic carbocycles. The normalized spacial score (nSPS) is 11.0. The quantitative estimate of drug-likeness (QED) is 0.565. The molecule has 8 nitrogen and oxygen atoms in total. The Kier molecular flexibility index (Phi) is 4.21. The molecule has 0 radical (unpaired) electrons. The van der Waals surface area contributed by atoms with Crippen LogP contribution in [0.25, 0.3) is 11.2 Å². The van der Waals surface area contributed by atoms with Gasteiger partial charge >= 0.3 is 11.7 Å². The van der Waals surface area contributed by atoms with Crippen LogP contribution in [-0.4, -0.2) is 37.5 Å². The summed E-state index contributed by atoms with van der Waals surface area (Å²) in [6, 6.07) is 0. The van der Waals surface area contributed by atoms with E-state index in [4.69, 9.17) is 0 Å². The van der Waals surface area contributed by atoms with Crippen molar-refractivity contribution < 1.29 is 9.53 Å². The monoisotopic (exact) mass is 312 g/mol. The Labute approximate surface area is 124 Å². The Hall–Kier alpha value is -2.03. The van der Waals surface area contributed by atoms with Crippen LogP contribution in [0.1, 0.15) is 6.42 Å². The van der Waals surface area contributed by atoms with Gasteiger partial charge in [-0.15, -0.1) is 0 Å². The molecule has 0 saturated heterocycles. The highest BCUT2D eigenvalue weighted by molar-refractivity contribution is 7.99. The lowest BCUT2D eigenvalue weighted by Crippen LogP contribution is -2.37. The number of fused-ring (bicyclic) bond motifs is 1. The van der Waals surface area contributed by atoms with Crippen LogP contribution in [-0.2, 0) is 30.7 Å². The third kappa shape index (κ3) is 2.60. The van der Waals surface area contributed by atoms with Crippen LogP contribution in [0.15, 0.2) is 14.7 Å². The molecular formula is C12H16N4O4S. The van der Waals surface area contributed by atoms with Gasteiger partial charge in [-0.2, -0.15) is 0 Å². The molecule has 0 aliphatic heterocycles. The molecule has 0 bridgehead atoms. The maximum atomic E-state index is 12.2. The molecule has 2 heterocycles. The topological polar surface area (TPSA) is 88.1 Å². The Bertz CT molecular complexity index is 817. The first-order valence-electron chi connectivity index (χ1n) is 6.20. The summed E-state index contributed by atoms with van der Waals surface area (Å²) in [5.74, 6) is 0.183. The minimum absolute atomic E-state index is 0.251. The number of hydrogen-bond acceptors (Lipinski definition) is 6. The van der Waals surface area contributed by atoms with Gasteiger partial charge in [-0.1, -0.05) is 11.8 Å². The van der Waals surface area contributed by atoms with E-state index in [9.17, 15) is 14.4 Å². The second-order valence-corrected chi connectivity index (χ2v) is 5.57. The van der Waals surface area contributed by atoms with Crippen molar-refractivity contribution in [2.75, 3.05) is 12.9 Å². The number of aromatic nitrogens is 4. The molecule has 114 valence electrons.